The van der Waals surface area contributed by atoms with Gasteiger partial charge in [0.05, 0.1) is 6.61 Å². The predicted octanol–water partition coefficient (Wildman–Crippen LogP) is 2.61. The smallest absolute Gasteiger partial charge is 0.220 e. The van der Waals surface area contributed by atoms with E-state index in [0.717, 1.165) is 10.0 Å². The minimum atomic E-state index is -0.0216. The van der Waals surface area contributed by atoms with Gasteiger partial charge in [0.2, 0.25) is 5.91 Å². The molecule has 2 unspecified atom stereocenters. The number of nitrogens with one attached hydrogen (secondary N) is 1. The normalized spacial score (nSPS) is 13.9. The molecule has 5 heteroatoms. The fraction of sp³-hybridized carbons (Fsp3) is 0.500. The molecule has 0 saturated carbocycles. The van der Waals surface area contributed by atoms with Crippen molar-refractivity contribution in [2.45, 2.75) is 31.1 Å². The van der Waals surface area contributed by atoms with E-state index in [-0.39, 0.29) is 23.8 Å². The molecule has 0 aliphatic rings. The number of carbonyl (C=O) groups is 1. The second kappa shape index (κ2) is 8.61. The number of hydrogen-bond donors (Lipinski definition) is 2. The van der Waals surface area contributed by atoms with Gasteiger partial charge in [-0.15, -0.1) is 0 Å². The molecule has 0 heterocycles. The van der Waals surface area contributed by atoms with Crippen LogP contribution in [-0.2, 0) is 11.2 Å². The van der Waals surface area contributed by atoms with Crippen LogP contribution in [0.2, 0.25) is 0 Å². The maximum absolute atomic E-state index is 11.9. The van der Waals surface area contributed by atoms with Crippen molar-refractivity contribution in [3.63, 3.8) is 0 Å². The Hall–Kier alpha value is -0.520. The van der Waals surface area contributed by atoms with Crippen LogP contribution in [0.5, 0.6) is 0 Å². The highest BCUT2D eigenvalue weighted by molar-refractivity contribution is 9.10. The molecule has 0 bridgehead atoms. The Morgan fingerprint density at radius 2 is 2.16 bits per heavy atom. The van der Waals surface area contributed by atoms with Crippen molar-refractivity contribution >= 4 is 33.6 Å². The molecule has 0 aliphatic carbocycles. The quantitative estimate of drug-likeness (QED) is 0.798. The average molecular weight is 346 g/mol. The summed E-state index contributed by atoms with van der Waals surface area (Å²) in [5.74, 6) is 0.0238. The van der Waals surface area contributed by atoms with Crippen molar-refractivity contribution in [3.05, 3.63) is 34.3 Å². The number of aliphatic hydroxyl groups excluding tert-OH is 1. The first-order valence-corrected chi connectivity index (χ1v) is 8.33. The molecule has 2 N–H and O–H groups in total. The van der Waals surface area contributed by atoms with Gasteiger partial charge in [0.1, 0.15) is 0 Å². The number of aliphatic hydroxyl groups is 1. The summed E-state index contributed by atoms with van der Waals surface area (Å²) >= 11 is 5.04. The first-order valence-electron chi connectivity index (χ1n) is 6.25. The van der Waals surface area contributed by atoms with Crippen LogP contribution in [0.25, 0.3) is 0 Å². The third-order valence-electron chi connectivity index (χ3n) is 3.01. The van der Waals surface area contributed by atoms with Crippen LogP contribution >= 0.6 is 27.7 Å². The van der Waals surface area contributed by atoms with Gasteiger partial charge in [0.25, 0.3) is 0 Å². The zero-order valence-electron chi connectivity index (χ0n) is 11.2. The van der Waals surface area contributed by atoms with E-state index in [2.05, 4.69) is 21.2 Å². The lowest BCUT2D eigenvalue weighted by atomic mass is 10.1. The molecular weight excluding hydrogens is 326 g/mol. The summed E-state index contributed by atoms with van der Waals surface area (Å²) in [6, 6.07) is 7.90. The number of carbonyl (C=O) groups excluding carboxylic acids is 1. The van der Waals surface area contributed by atoms with Gasteiger partial charge in [-0.2, -0.15) is 11.8 Å². The fourth-order valence-electron chi connectivity index (χ4n) is 1.81. The lowest BCUT2D eigenvalue weighted by Gasteiger charge is -2.21. The second-order valence-corrected chi connectivity index (χ2v) is 6.34. The monoisotopic (exact) mass is 345 g/mol. The van der Waals surface area contributed by atoms with Gasteiger partial charge in [-0.25, -0.2) is 0 Å². The number of thioether (sulfide) groups is 1. The standard InChI is InChI=1S/C14H20BrNO2S/c1-10(13(9-17)19-2)16-14(18)8-7-11-5-3-4-6-12(11)15/h3-6,10,13,17H,7-9H2,1-2H3,(H,16,18). The third-order valence-corrected chi connectivity index (χ3v) is 4.94. The lowest BCUT2D eigenvalue weighted by molar-refractivity contribution is -0.121. The minimum Gasteiger partial charge on any atom is -0.395 e. The van der Waals surface area contributed by atoms with Crippen molar-refractivity contribution < 1.29 is 9.90 Å². The van der Waals surface area contributed by atoms with Crippen molar-refractivity contribution in [2.75, 3.05) is 12.9 Å². The molecule has 0 aliphatic heterocycles. The lowest BCUT2D eigenvalue weighted by Crippen LogP contribution is -2.41. The Labute approximate surface area is 127 Å². The van der Waals surface area contributed by atoms with E-state index in [1.54, 1.807) is 11.8 Å². The van der Waals surface area contributed by atoms with Gasteiger partial charge < -0.3 is 10.4 Å². The van der Waals surface area contributed by atoms with Crippen LogP contribution in [0.15, 0.2) is 28.7 Å². The van der Waals surface area contributed by atoms with Crippen molar-refractivity contribution in [3.8, 4) is 0 Å². The molecule has 1 rings (SSSR count). The van der Waals surface area contributed by atoms with Gasteiger partial charge in [-0.3, -0.25) is 4.79 Å². The Morgan fingerprint density at radius 3 is 2.74 bits per heavy atom. The van der Waals surface area contributed by atoms with Crippen molar-refractivity contribution in [1.82, 2.24) is 5.32 Å². The fourth-order valence-corrected chi connectivity index (χ4v) is 2.91. The highest BCUT2D eigenvalue weighted by Gasteiger charge is 2.17. The van der Waals surface area contributed by atoms with Crippen LogP contribution in [0.3, 0.4) is 0 Å². The number of benzene rings is 1. The molecule has 0 spiro atoms. The maximum atomic E-state index is 11.9. The summed E-state index contributed by atoms with van der Waals surface area (Å²) in [5, 5.41) is 12.2. The number of hydrogen-bond acceptors (Lipinski definition) is 3. The zero-order chi connectivity index (χ0) is 14.3. The molecule has 0 fully saturated rings. The van der Waals surface area contributed by atoms with Gasteiger partial charge >= 0.3 is 0 Å². The molecule has 106 valence electrons. The Morgan fingerprint density at radius 1 is 1.47 bits per heavy atom. The highest BCUT2D eigenvalue weighted by atomic mass is 79.9. The molecule has 0 saturated heterocycles. The minimum absolute atomic E-state index is 0.0216. The van der Waals surface area contributed by atoms with Crippen LogP contribution in [-0.4, -0.2) is 35.2 Å². The van der Waals surface area contributed by atoms with Gasteiger partial charge in [0.15, 0.2) is 0 Å². The van der Waals surface area contributed by atoms with Gasteiger partial charge in [-0.05, 0) is 31.2 Å². The molecule has 1 aromatic rings. The number of halogens is 1. The van der Waals surface area contributed by atoms with E-state index in [1.165, 1.54) is 0 Å². The van der Waals surface area contributed by atoms with E-state index in [4.69, 9.17) is 0 Å². The third kappa shape index (κ3) is 5.55. The number of aryl methyl sites for hydroxylation is 1. The SMILES string of the molecule is CSC(CO)C(C)NC(=O)CCc1ccccc1Br. The van der Waals surface area contributed by atoms with E-state index in [9.17, 15) is 9.90 Å². The van der Waals surface area contributed by atoms with Crippen molar-refractivity contribution in [2.24, 2.45) is 0 Å². The van der Waals surface area contributed by atoms with E-state index >= 15 is 0 Å². The summed E-state index contributed by atoms with van der Waals surface area (Å²) in [6.45, 7) is 2.00. The highest BCUT2D eigenvalue weighted by Crippen LogP contribution is 2.17. The van der Waals surface area contributed by atoms with Crippen LogP contribution < -0.4 is 5.32 Å². The second-order valence-electron chi connectivity index (χ2n) is 4.40. The Balaban J connectivity index is 2.42. The summed E-state index contributed by atoms with van der Waals surface area (Å²) in [5.41, 5.74) is 1.13. The van der Waals surface area contributed by atoms with Crippen LogP contribution in [0.4, 0.5) is 0 Å². The average Bonchev–Trinajstić information content (AvgIpc) is 2.39. The largest absolute Gasteiger partial charge is 0.395 e. The van der Waals surface area contributed by atoms with E-state index < -0.39 is 0 Å². The van der Waals surface area contributed by atoms with Crippen LogP contribution in [0, 0.1) is 0 Å². The maximum Gasteiger partial charge on any atom is 0.220 e. The van der Waals surface area contributed by atoms with Gasteiger partial charge in [-0.1, -0.05) is 34.1 Å². The molecule has 1 amide bonds. The summed E-state index contributed by atoms with van der Waals surface area (Å²) < 4.78 is 1.04. The molecular formula is C14H20BrNO2S. The molecule has 0 aromatic heterocycles. The summed E-state index contributed by atoms with van der Waals surface area (Å²) in [6.07, 6.45) is 3.10. The van der Waals surface area contributed by atoms with Gasteiger partial charge in [0, 0.05) is 22.2 Å². The topological polar surface area (TPSA) is 49.3 Å². The summed E-state index contributed by atoms with van der Waals surface area (Å²) in [7, 11) is 0. The molecule has 19 heavy (non-hydrogen) atoms. The Bertz CT molecular complexity index is 410. The molecule has 2 atom stereocenters. The molecule has 1 aromatic carbocycles. The van der Waals surface area contributed by atoms with E-state index in [1.807, 2.05) is 37.4 Å². The first-order chi connectivity index (χ1) is 9.08. The van der Waals surface area contributed by atoms with Crippen LogP contribution in [0.1, 0.15) is 18.9 Å². The number of rotatable bonds is 7. The van der Waals surface area contributed by atoms with Crippen molar-refractivity contribution in [1.29, 1.82) is 0 Å². The zero-order valence-corrected chi connectivity index (χ0v) is 13.6. The molecule has 0 radical (unpaired) electrons. The predicted molar refractivity (Wildman–Crippen MR) is 84.5 cm³/mol. The van der Waals surface area contributed by atoms with E-state index in [0.29, 0.717) is 12.8 Å². The first kappa shape index (κ1) is 16.5. The number of amides is 1. The molecule has 3 nitrogen and oxygen atoms in total. The Kier molecular flexibility index (Phi) is 7.49. The summed E-state index contributed by atoms with van der Waals surface area (Å²) in [4.78, 5) is 11.9.